The largest absolute Gasteiger partial charge is 0.251 e. The van der Waals surface area contributed by atoms with Crippen molar-refractivity contribution in [3.63, 3.8) is 0 Å². The zero-order valence-electron chi connectivity index (χ0n) is 5.04. The Kier molecular flexibility index (Phi) is 2.09. The summed E-state index contributed by atoms with van der Waals surface area (Å²) in [5, 5.41) is 0.444. The molecule has 0 bridgehead atoms. The lowest BCUT2D eigenvalue weighted by Crippen LogP contribution is -2.22. The fourth-order valence-electron chi connectivity index (χ4n) is 1.19. The molecule has 0 N–H and O–H groups in total. The quantitative estimate of drug-likeness (QED) is 0.569. The van der Waals surface area contributed by atoms with Crippen molar-refractivity contribution in [1.29, 1.82) is 0 Å². The van der Waals surface area contributed by atoms with E-state index in [1.54, 1.807) is 0 Å². The summed E-state index contributed by atoms with van der Waals surface area (Å²) in [6.07, 6.45) is 1.45. The van der Waals surface area contributed by atoms with Crippen LogP contribution in [0.15, 0.2) is 0 Å². The van der Waals surface area contributed by atoms with Crippen molar-refractivity contribution in [3.8, 4) is 0 Å². The van der Waals surface area contributed by atoms with Crippen molar-refractivity contribution >= 4 is 15.9 Å². The van der Waals surface area contributed by atoms with E-state index in [4.69, 9.17) is 0 Å². The fourth-order valence-corrected chi connectivity index (χ4v) is 1.99. The fraction of sp³-hybridized carbons (Fsp3) is 1.00. The smallest absolute Gasteiger partial charge is 0.207 e. The molecule has 54 valence electrons. The molecule has 1 fully saturated rings. The first-order valence-corrected chi connectivity index (χ1v) is 4.23. The molecule has 1 saturated carbocycles. The lowest BCUT2D eigenvalue weighted by Gasteiger charge is -2.15. The van der Waals surface area contributed by atoms with Gasteiger partial charge >= 0.3 is 0 Å². The second-order valence-electron chi connectivity index (χ2n) is 2.50. The Labute approximate surface area is 61.8 Å². The van der Waals surface area contributed by atoms with Gasteiger partial charge in [-0.2, -0.15) is 0 Å². The second kappa shape index (κ2) is 2.52. The van der Waals surface area contributed by atoms with Gasteiger partial charge in [0.1, 0.15) is 0 Å². The highest BCUT2D eigenvalue weighted by atomic mass is 79.9. The Morgan fingerprint density at radius 2 is 2.22 bits per heavy atom. The number of hydrogen-bond acceptors (Lipinski definition) is 0. The van der Waals surface area contributed by atoms with Crippen molar-refractivity contribution in [1.82, 2.24) is 0 Å². The van der Waals surface area contributed by atoms with Crippen molar-refractivity contribution in [2.45, 2.75) is 25.2 Å². The van der Waals surface area contributed by atoms with Crippen molar-refractivity contribution in [2.75, 3.05) is 5.33 Å². The van der Waals surface area contributed by atoms with Gasteiger partial charge in [0.2, 0.25) is 0 Å². The van der Waals surface area contributed by atoms with E-state index in [0.717, 1.165) is 0 Å². The molecule has 0 aliphatic heterocycles. The summed E-state index contributed by atoms with van der Waals surface area (Å²) in [7, 11) is 0. The zero-order chi connectivity index (χ0) is 6.91. The van der Waals surface area contributed by atoms with Gasteiger partial charge in [0.15, 0.2) is 0 Å². The van der Waals surface area contributed by atoms with Crippen LogP contribution < -0.4 is 0 Å². The van der Waals surface area contributed by atoms with Crippen LogP contribution in [0, 0.1) is 5.92 Å². The first-order chi connectivity index (χ1) is 4.17. The van der Waals surface area contributed by atoms with Crippen molar-refractivity contribution in [2.24, 2.45) is 5.92 Å². The molecule has 0 saturated heterocycles. The van der Waals surface area contributed by atoms with Gasteiger partial charge in [-0.1, -0.05) is 15.9 Å². The monoisotopic (exact) mass is 198 g/mol. The molecule has 0 spiro atoms. The summed E-state index contributed by atoms with van der Waals surface area (Å²) in [6.45, 7) is 0. The van der Waals surface area contributed by atoms with Gasteiger partial charge in [0, 0.05) is 17.7 Å². The van der Waals surface area contributed by atoms with Gasteiger partial charge in [-0.15, -0.1) is 0 Å². The van der Waals surface area contributed by atoms with E-state index in [-0.39, 0.29) is 6.42 Å². The molecule has 0 heterocycles. The van der Waals surface area contributed by atoms with Crippen LogP contribution in [0.3, 0.4) is 0 Å². The average molecular weight is 199 g/mol. The first kappa shape index (κ1) is 7.45. The molecule has 1 aliphatic carbocycles. The molecule has 0 aromatic heterocycles. The maximum atomic E-state index is 12.6. The van der Waals surface area contributed by atoms with Gasteiger partial charge in [-0.05, 0) is 12.8 Å². The zero-order valence-corrected chi connectivity index (χ0v) is 6.63. The minimum absolute atomic E-state index is 0.0866. The van der Waals surface area contributed by atoms with Gasteiger partial charge in [-0.25, -0.2) is 8.78 Å². The third-order valence-electron chi connectivity index (χ3n) is 1.85. The van der Waals surface area contributed by atoms with Gasteiger partial charge in [0.05, 0.1) is 0 Å². The van der Waals surface area contributed by atoms with Crippen LogP contribution in [0.1, 0.15) is 19.3 Å². The van der Waals surface area contributed by atoms with Crippen LogP contribution in [0.2, 0.25) is 0 Å². The molecule has 0 aromatic carbocycles. The van der Waals surface area contributed by atoms with Crippen LogP contribution >= 0.6 is 15.9 Å². The van der Waals surface area contributed by atoms with E-state index in [1.165, 1.54) is 0 Å². The summed E-state index contributed by atoms with van der Waals surface area (Å²) in [5.74, 6) is -2.79. The maximum absolute atomic E-state index is 12.6. The Hall–Kier alpha value is 0.340. The topological polar surface area (TPSA) is 0 Å². The standard InChI is InChI=1S/C6H9BrF2/c7-4-5-2-1-3-6(5,8)9/h5H,1-4H2/t5-/m1/s1. The molecule has 3 heteroatoms. The molecule has 0 radical (unpaired) electrons. The minimum Gasteiger partial charge on any atom is -0.207 e. The van der Waals surface area contributed by atoms with E-state index >= 15 is 0 Å². The van der Waals surface area contributed by atoms with Crippen LogP contribution in [-0.2, 0) is 0 Å². The third kappa shape index (κ3) is 1.42. The Balaban J connectivity index is 2.52. The molecular formula is C6H9BrF2. The van der Waals surface area contributed by atoms with E-state index in [9.17, 15) is 8.78 Å². The minimum atomic E-state index is -2.39. The van der Waals surface area contributed by atoms with Crippen LogP contribution in [0.4, 0.5) is 8.78 Å². The van der Waals surface area contributed by atoms with E-state index in [0.29, 0.717) is 18.2 Å². The van der Waals surface area contributed by atoms with Crippen LogP contribution in [-0.4, -0.2) is 11.3 Å². The summed E-state index contributed by atoms with van der Waals surface area (Å²) in [6, 6.07) is 0. The first-order valence-electron chi connectivity index (χ1n) is 3.10. The van der Waals surface area contributed by atoms with E-state index in [1.807, 2.05) is 0 Å². The van der Waals surface area contributed by atoms with E-state index < -0.39 is 11.8 Å². The Morgan fingerprint density at radius 1 is 1.56 bits per heavy atom. The number of halogens is 3. The van der Waals surface area contributed by atoms with Crippen LogP contribution in [0.5, 0.6) is 0 Å². The number of rotatable bonds is 1. The predicted molar refractivity (Wildman–Crippen MR) is 36.1 cm³/mol. The summed E-state index contributed by atoms with van der Waals surface area (Å²) in [4.78, 5) is 0. The highest BCUT2D eigenvalue weighted by Crippen LogP contribution is 2.40. The molecular weight excluding hydrogens is 190 g/mol. The molecule has 0 aromatic rings. The maximum Gasteiger partial charge on any atom is 0.251 e. The third-order valence-corrected chi connectivity index (χ3v) is 2.63. The number of hydrogen-bond donors (Lipinski definition) is 0. The molecule has 9 heavy (non-hydrogen) atoms. The van der Waals surface area contributed by atoms with Crippen molar-refractivity contribution < 1.29 is 8.78 Å². The van der Waals surface area contributed by atoms with Gasteiger partial charge < -0.3 is 0 Å². The van der Waals surface area contributed by atoms with Crippen molar-refractivity contribution in [3.05, 3.63) is 0 Å². The highest BCUT2D eigenvalue weighted by molar-refractivity contribution is 9.09. The predicted octanol–water partition coefficient (Wildman–Crippen LogP) is 2.82. The SMILES string of the molecule is FC1(F)CCC[C@@H]1CBr. The van der Waals surface area contributed by atoms with Crippen LogP contribution in [0.25, 0.3) is 0 Å². The molecule has 1 atom stereocenters. The number of alkyl halides is 3. The molecule has 1 aliphatic rings. The molecule has 0 unspecified atom stereocenters. The van der Waals surface area contributed by atoms with E-state index in [2.05, 4.69) is 15.9 Å². The average Bonchev–Trinajstić information content (AvgIpc) is 2.08. The highest BCUT2D eigenvalue weighted by Gasteiger charge is 2.42. The summed E-state index contributed by atoms with van der Waals surface area (Å²) in [5.41, 5.74) is 0. The van der Waals surface area contributed by atoms with Gasteiger partial charge in [-0.3, -0.25) is 0 Å². The summed E-state index contributed by atoms with van der Waals surface area (Å²) < 4.78 is 25.2. The molecule has 0 amide bonds. The molecule has 1 rings (SSSR count). The lowest BCUT2D eigenvalue weighted by molar-refractivity contribution is -0.0277. The van der Waals surface area contributed by atoms with Gasteiger partial charge in [0.25, 0.3) is 5.92 Å². The summed E-state index contributed by atoms with van der Waals surface area (Å²) >= 11 is 3.07. The normalized spacial score (nSPS) is 33.0. The Morgan fingerprint density at radius 3 is 2.44 bits per heavy atom. The Bertz CT molecular complexity index is 103. The lowest BCUT2D eigenvalue weighted by atomic mass is 10.1. The second-order valence-corrected chi connectivity index (χ2v) is 3.15. The molecule has 0 nitrogen and oxygen atoms in total.